The second-order valence-corrected chi connectivity index (χ2v) is 8.25. The van der Waals surface area contributed by atoms with E-state index in [0.717, 1.165) is 35.3 Å². The topological polar surface area (TPSA) is 18.5 Å². The first-order chi connectivity index (χ1) is 12.8. The summed E-state index contributed by atoms with van der Waals surface area (Å²) in [6, 6.07) is 7.06. The van der Waals surface area contributed by atoms with E-state index >= 15 is 0 Å². The van der Waals surface area contributed by atoms with Gasteiger partial charge in [-0.05, 0) is 95.6 Å². The third kappa shape index (κ3) is 3.97. The Hall–Kier alpha value is -1.65. The fourth-order valence-electron chi connectivity index (χ4n) is 4.06. The van der Waals surface area contributed by atoms with Gasteiger partial charge in [0.25, 0.3) is 0 Å². The van der Waals surface area contributed by atoms with Crippen LogP contribution >= 0.6 is 15.9 Å². The van der Waals surface area contributed by atoms with Crippen molar-refractivity contribution in [2.24, 2.45) is 5.92 Å². The summed E-state index contributed by atoms with van der Waals surface area (Å²) in [5.74, 6) is 0.911. The minimum absolute atomic E-state index is 0.00784. The molecule has 0 saturated carbocycles. The molecule has 0 heterocycles. The van der Waals surface area contributed by atoms with E-state index in [1.54, 1.807) is 19.2 Å². The number of aryl methyl sites for hydroxylation is 1. The quantitative estimate of drug-likeness (QED) is 0.494. The van der Waals surface area contributed by atoms with Crippen molar-refractivity contribution >= 4 is 15.9 Å². The van der Waals surface area contributed by atoms with Gasteiger partial charge in [-0.2, -0.15) is 0 Å². The number of ether oxygens (including phenoxy) is 2. The van der Waals surface area contributed by atoms with E-state index < -0.39 is 0 Å². The van der Waals surface area contributed by atoms with Crippen molar-refractivity contribution < 1.29 is 13.9 Å². The largest absolute Gasteiger partial charge is 0.489 e. The van der Waals surface area contributed by atoms with Gasteiger partial charge in [0, 0.05) is 13.0 Å². The van der Waals surface area contributed by atoms with Crippen LogP contribution in [-0.4, -0.2) is 7.11 Å². The Morgan fingerprint density at radius 3 is 2.67 bits per heavy atom. The van der Waals surface area contributed by atoms with E-state index in [9.17, 15) is 4.39 Å². The summed E-state index contributed by atoms with van der Waals surface area (Å²) in [5.41, 5.74) is 7.04. The van der Waals surface area contributed by atoms with Crippen LogP contribution in [0.25, 0.3) is 0 Å². The highest BCUT2D eigenvalue weighted by molar-refractivity contribution is 9.10. The first-order valence-corrected chi connectivity index (χ1v) is 10.0. The Morgan fingerprint density at radius 1 is 1.30 bits per heavy atom. The maximum atomic E-state index is 13.4. The highest BCUT2D eigenvalue weighted by Crippen LogP contribution is 2.45. The average molecular weight is 433 g/mol. The van der Waals surface area contributed by atoms with E-state index in [1.807, 2.05) is 0 Å². The summed E-state index contributed by atoms with van der Waals surface area (Å²) in [6.45, 7) is 10.9. The zero-order valence-electron chi connectivity index (χ0n) is 16.4. The van der Waals surface area contributed by atoms with Gasteiger partial charge in [0.1, 0.15) is 18.2 Å². The molecular weight excluding hydrogens is 407 g/mol. The number of halogens is 2. The molecule has 1 aliphatic rings. The lowest BCUT2D eigenvalue weighted by Crippen LogP contribution is -2.25. The predicted octanol–water partition coefficient (Wildman–Crippen LogP) is 6.61. The molecule has 2 nitrogen and oxygen atoms in total. The van der Waals surface area contributed by atoms with E-state index in [2.05, 4.69) is 49.3 Å². The van der Waals surface area contributed by atoms with E-state index in [4.69, 9.17) is 9.47 Å². The van der Waals surface area contributed by atoms with Gasteiger partial charge in [-0.15, -0.1) is 0 Å². The van der Waals surface area contributed by atoms with Crippen LogP contribution in [0, 0.1) is 25.6 Å². The highest BCUT2D eigenvalue weighted by Gasteiger charge is 2.33. The summed E-state index contributed by atoms with van der Waals surface area (Å²) in [7, 11) is 1.77. The monoisotopic (exact) mass is 432 g/mol. The van der Waals surface area contributed by atoms with Crippen molar-refractivity contribution in [3.63, 3.8) is 0 Å². The molecule has 27 heavy (non-hydrogen) atoms. The van der Waals surface area contributed by atoms with Gasteiger partial charge in [-0.3, -0.25) is 0 Å². The van der Waals surface area contributed by atoms with Crippen molar-refractivity contribution in [3.8, 4) is 5.75 Å². The predicted molar refractivity (Wildman–Crippen MR) is 111 cm³/mol. The van der Waals surface area contributed by atoms with Crippen LogP contribution in [0.3, 0.4) is 0 Å². The van der Waals surface area contributed by atoms with Crippen molar-refractivity contribution in [3.05, 3.63) is 74.5 Å². The maximum Gasteiger partial charge on any atom is 0.137 e. The second-order valence-electron chi connectivity index (χ2n) is 7.39. The van der Waals surface area contributed by atoms with Crippen molar-refractivity contribution in [2.45, 2.75) is 46.3 Å². The van der Waals surface area contributed by atoms with Crippen LogP contribution in [0.2, 0.25) is 0 Å². The number of rotatable bonds is 5. The maximum absolute atomic E-state index is 13.4. The normalized spacial score (nSPS) is 18.9. The lowest BCUT2D eigenvalue weighted by molar-refractivity contribution is 0.0537. The Balaban J connectivity index is 1.94. The smallest absolute Gasteiger partial charge is 0.137 e. The summed E-state index contributed by atoms with van der Waals surface area (Å²) in [6.07, 6.45) is 2.10. The third-order valence-corrected chi connectivity index (χ3v) is 6.15. The summed E-state index contributed by atoms with van der Waals surface area (Å²) >= 11 is 3.23. The van der Waals surface area contributed by atoms with Gasteiger partial charge in [0.2, 0.25) is 0 Å². The Bertz CT molecular complexity index is 875. The fraction of sp³-hybridized carbons (Fsp3) is 0.391. The molecule has 0 amide bonds. The van der Waals surface area contributed by atoms with Gasteiger partial charge < -0.3 is 9.47 Å². The number of benzene rings is 2. The number of hydrogen-bond donors (Lipinski definition) is 0. The van der Waals surface area contributed by atoms with Crippen LogP contribution in [0.4, 0.5) is 4.39 Å². The Morgan fingerprint density at radius 2 is 2.04 bits per heavy atom. The lowest BCUT2D eigenvalue weighted by atomic mass is 9.75. The van der Waals surface area contributed by atoms with Crippen LogP contribution < -0.4 is 4.74 Å². The summed E-state index contributed by atoms with van der Waals surface area (Å²) in [4.78, 5) is 0. The van der Waals surface area contributed by atoms with Crippen LogP contribution in [0.5, 0.6) is 5.75 Å². The van der Waals surface area contributed by atoms with Gasteiger partial charge in [-0.1, -0.05) is 18.2 Å². The first kappa shape index (κ1) is 20.1. The van der Waals surface area contributed by atoms with Gasteiger partial charge in [-0.25, -0.2) is 4.39 Å². The van der Waals surface area contributed by atoms with E-state index in [1.165, 1.54) is 22.8 Å². The standard InChI is InChI=1S/C23H26BrFO2/c1-13(2)17-7-8-18-14(3)10-21(15(4)22(18)23(17)26-5)27-12-16-6-9-20(25)19(24)11-16/h6,9-11,17,23H,1,7-8,12H2,2-5H3/t17-,23+/m0/s1. The van der Waals surface area contributed by atoms with Gasteiger partial charge in [0.15, 0.2) is 0 Å². The molecule has 0 bridgehead atoms. The SMILES string of the molecule is C=C(C)[C@@H]1CCc2c(C)cc(OCc3ccc(F)c(Br)c3)c(C)c2[C@@H]1OC. The second kappa shape index (κ2) is 8.15. The summed E-state index contributed by atoms with van der Waals surface area (Å²) in [5, 5.41) is 0. The van der Waals surface area contributed by atoms with Gasteiger partial charge in [0.05, 0.1) is 10.6 Å². The molecule has 0 unspecified atom stereocenters. The average Bonchev–Trinajstić information content (AvgIpc) is 2.64. The number of hydrogen-bond acceptors (Lipinski definition) is 2. The van der Waals surface area contributed by atoms with Crippen molar-refractivity contribution in [2.75, 3.05) is 7.11 Å². The zero-order valence-corrected chi connectivity index (χ0v) is 18.0. The molecule has 3 rings (SSSR count). The molecule has 2 aromatic carbocycles. The van der Waals surface area contributed by atoms with Crippen LogP contribution in [0.15, 0.2) is 40.9 Å². The Labute approximate surface area is 169 Å². The van der Waals surface area contributed by atoms with Crippen molar-refractivity contribution in [1.29, 1.82) is 0 Å². The molecular formula is C23H26BrFO2. The molecule has 0 radical (unpaired) electrons. The zero-order chi connectivity index (χ0) is 19.7. The molecule has 4 heteroatoms. The third-order valence-electron chi connectivity index (χ3n) is 5.54. The highest BCUT2D eigenvalue weighted by atomic mass is 79.9. The molecule has 0 aromatic heterocycles. The molecule has 0 aliphatic heterocycles. The fourth-order valence-corrected chi connectivity index (χ4v) is 4.49. The lowest BCUT2D eigenvalue weighted by Gasteiger charge is -2.35. The van der Waals surface area contributed by atoms with Gasteiger partial charge >= 0.3 is 0 Å². The van der Waals surface area contributed by atoms with E-state index in [0.29, 0.717) is 17.0 Å². The molecule has 0 fully saturated rings. The number of methoxy groups -OCH3 is 1. The molecule has 2 aromatic rings. The molecule has 0 spiro atoms. The summed E-state index contributed by atoms with van der Waals surface area (Å²) < 4.78 is 25.9. The minimum atomic E-state index is -0.270. The molecule has 1 aliphatic carbocycles. The molecule has 2 atom stereocenters. The Kier molecular flexibility index (Phi) is 6.07. The first-order valence-electron chi connectivity index (χ1n) is 9.21. The number of fused-ring (bicyclic) bond motifs is 1. The molecule has 0 N–H and O–H groups in total. The van der Waals surface area contributed by atoms with Crippen molar-refractivity contribution in [1.82, 2.24) is 0 Å². The van der Waals surface area contributed by atoms with Crippen LogP contribution in [-0.2, 0) is 17.8 Å². The van der Waals surface area contributed by atoms with E-state index in [-0.39, 0.29) is 11.9 Å². The van der Waals surface area contributed by atoms with Crippen LogP contribution in [0.1, 0.15) is 47.3 Å². The molecule has 0 saturated heterocycles. The minimum Gasteiger partial charge on any atom is -0.489 e. The molecule has 144 valence electrons.